The lowest BCUT2D eigenvalue weighted by atomic mass is 10.2. The van der Waals surface area contributed by atoms with E-state index in [0.717, 1.165) is 22.5 Å². The molecule has 26 heavy (non-hydrogen) atoms. The number of hydrogen-bond acceptors (Lipinski definition) is 6. The zero-order chi connectivity index (χ0) is 19.3. The van der Waals surface area contributed by atoms with E-state index >= 15 is 0 Å². The number of likely N-dealkylation sites (N-methyl/N-ethyl adjacent to an activating group) is 1. The summed E-state index contributed by atoms with van der Waals surface area (Å²) < 4.78 is 50.5. The molecule has 1 aliphatic heterocycles. The fraction of sp³-hybridized carbons (Fsp3) is 0.500. The number of rotatable bonds is 6. The SMILES string of the molecule is CCNC(=O)[C@@H](C)OC(=O)c1ccc(F)c(S(=O)(=O)N2CCOCC2)c1. The Morgan fingerprint density at radius 2 is 2.00 bits per heavy atom. The summed E-state index contributed by atoms with van der Waals surface area (Å²) in [6.07, 6.45) is -1.06. The average Bonchev–Trinajstić information content (AvgIpc) is 2.62. The molecule has 0 aliphatic carbocycles. The topological polar surface area (TPSA) is 102 Å². The van der Waals surface area contributed by atoms with E-state index in [4.69, 9.17) is 9.47 Å². The van der Waals surface area contributed by atoms with Gasteiger partial charge in [-0.05, 0) is 32.0 Å². The lowest BCUT2D eigenvalue weighted by molar-refractivity contribution is -0.128. The van der Waals surface area contributed by atoms with Crippen LogP contribution in [0.5, 0.6) is 0 Å². The molecule has 10 heteroatoms. The Hall–Kier alpha value is -2.04. The van der Waals surface area contributed by atoms with Crippen molar-refractivity contribution in [2.24, 2.45) is 0 Å². The Bertz CT molecular complexity index is 777. The first-order valence-electron chi connectivity index (χ1n) is 8.13. The summed E-state index contributed by atoms with van der Waals surface area (Å²) in [6, 6.07) is 2.92. The molecule has 2 rings (SSSR count). The van der Waals surface area contributed by atoms with Crippen molar-refractivity contribution in [2.45, 2.75) is 24.8 Å². The first-order chi connectivity index (χ1) is 12.3. The second kappa shape index (κ2) is 8.56. The number of amides is 1. The van der Waals surface area contributed by atoms with Gasteiger partial charge in [0.25, 0.3) is 5.91 Å². The number of ether oxygens (including phenoxy) is 2. The van der Waals surface area contributed by atoms with Crippen LogP contribution in [0.4, 0.5) is 4.39 Å². The van der Waals surface area contributed by atoms with E-state index in [9.17, 15) is 22.4 Å². The van der Waals surface area contributed by atoms with Crippen LogP contribution >= 0.6 is 0 Å². The van der Waals surface area contributed by atoms with Crippen LogP contribution in [0.25, 0.3) is 0 Å². The summed E-state index contributed by atoms with van der Waals surface area (Å²) >= 11 is 0. The van der Waals surface area contributed by atoms with Crippen molar-refractivity contribution < 1.29 is 31.9 Å². The number of nitrogens with zero attached hydrogens (tertiary/aromatic N) is 1. The summed E-state index contributed by atoms with van der Waals surface area (Å²) in [7, 11) is -4.11. The second-order valence-electron chi connectivity index (χ2n) is 5.60. The van der Waals surface area contributed by atoms with Gasteiger partial charge in [-0.25, -0.2) is 17.6 Å². The van der Waals surface area contributed by atoms with Gasteiger partial charge in [-0.3, -0.25) is 4.79 Å². The van der Waals surface area contributed by atoms with Crippen molar-refractivity contribution in [1.29, 1.82) is 0 Å². The van der Waals surface area contributed by atoms with E-state index in [2.05, 4.69) is 5.32 Å². The third kappa shape index (κ3) is 4.57. The highest BCUT2D eigenvalue weighted by Crippen LogP contribution is 2.22. The van der Waals surface area contributed by atoms with E-state index in [1.54, 1.807) is 6.92 Å². The first-order valence-corrected chi connectivity index (χ1v) is 9.57. The Balaban J connectivity index is 2.23. The minimum atomic E-state index is -4.11. The van der Waals surface area contributed by atoms with Crippen LogP contribution < -0.4 is 5.32 Å². The van der Waals surface area contributed by atoms with Gasteiger partial charge in [-0.2, -0.15) is 4.31 Å². The lowest BCUT2D eigenvalue weighted by Crippen LogP contribution is -2.41. The van der Waals surface area contributed by atoms with E-state index in [1.807, 2.05) is 0 Å². The lowest BCUT2D eigenvalue weighted by Gasteiger charge is -2.26. The molecule has 8 nitrogen and oxygen atoms in total. The van der Waals surface area contributed by atoms with Crippen molar-refractivity contribution in [3.05, 3.63) is 29.6 Å². The van der Waals surface area contributed by atoms with Crippen molar-refractivity contribution in [1.82, 2.24) is 9.62 Å². The van der Waals surface area contributed by atoms with Crippen LogP contribution in [0.2, 0.25) is 0 Å². The molecule has 1 aromatic carbocycles. The summed E-state index contributed by atoms with van der Waals surface area (Å²) in [5.74, 6) is -2.36. The van der Waals surface area contributed by atoms with Crippen molar-refractivity contribution in [2.75, 3.05) is 32.8 Å². The maximum absolute atomic E-state index is 14.1. The van der Waals surface area contributed by atoms with E-state index in [1.165, 1.54) is 6.92 Å². The number of halogens is 1. The van der Waals surface area contributed by atoms with Crippen molar-refractivity contribution >= 4 is 21.9 Å². The number of benzene rings is 1. The first kappa shape index (κ1) is 20.3. The molecule has 1 N–H and O–H groups in total. The molecule has 1 heterocycles. The molecular weight excluding hydrogens is 367 g/mol. The van der Waals surface area contributed by atoms with Crippen LogP contribution in [0.15, 0.2) is 23.1 Å². The van der Waals surface area contributed by atoms with Crippen LogP contribution in [0, 0.1) is 5.82 Å². The molecule has 0 bridgehead atoms. The highest BCUT2D eigenvalue weighted by molar-refractivity contribution is 7.89. The van der Waals surface area contributed by atoms with E-state index in [0.29, 0.717) is 6.54 Å². The van der Waals surface area contributed by atoms with Gasteiger partial charge in [0, 0.05) is 19.6 Å². The maximum Gasteiger partial charge on any atom is 0.338 e. The maximum atomic E-state index is 14.1. The molecule has 144 valence electrons. The molecule has 0 aromatic heterocycles. The smallest absolute Gasteiger partial charge is 0.338 e. The standard InChI is InChI=1S/C16H21FN2O6S/c1-3-18-15(20)11(2)25-16(21)12-4-5-13(17)14(10-12)26(22,23)19-6-8-24-9-7-19/h4-5,10-11H,3,6-9H2,1-2H3,(H,18,20)/t11-/m1/s1. The zero-order valence-corrected chi connectivity index (χ0v) is 15.3. The molecule has 0 radical (unpaired) electrons. The Morgan fingerprint density at radius 3 is 2.62 bits per heavy atom. The number of morpholine rings is 1. The highest BCUT2D eigenvalue weighted by atomic mass is 32.2. The number of sulfonamides is 1. The molecule has 1 fully saturated rings. The van der Waals surface area contributed by atoms with E-state index < -0.39 is 38.7 Å². The van der Waals surface area contributed by atoms with Crippen molar-refractivity contribution in [3.8, 4) is 0 Å². The van der Waals surface area contributed by atoms with E-state index in [-0.39, 0.29) is 31.9 Å². The Kier molecular flexibility index (Phi) is 6.68. The molecule has 1 atom stereocenters. The number of hydrogen-bond donors (Lipinski definition) is 1. The van der Waals surface area contributed by atoms with Gasteiger partial charge in [0.15, 0.2) is 6.10 Å². The van der Waals surface area contributed by atoms with Crippen LogP contribution in [0.3, 0.4) is 0 Å². The van der Waals surface area contributed by atoms with Gasteiger partial charge in [-0.1, -0.05) is 0 Å². The number of carbonyl (C=O) groups excluding carboxylic acids is 2. The molecular formula is C16H21FN2O6S. The minimum absolute atomic E-state index is 0.102. The largest absolute Gasteiger partial charge is 0.449 e. The minimum Gasteiger partial charge on any atom is -0.449 e. The Labute approximate surface area is 151 Å². The summed E-state index contributed by atoms with van der Waals surface area (Å²) in [4.78, 5) is 23.2. The van der Waals surface area contributed by atoms with Crippen LogP contribution in [-0.2, 0) is 24.3 Å². The van der Waals surface area contributed by atoms with Gasteiger partial charge < -0.3 is 14.8 Å². The molecule has 0 unspecified atom stereocenters. The van der Waals surface area contributed by atoms with Gasteiger partial charge in [0.1, 0.15) is 10.7 Å². The van der Waals surface area contributed by atoms with Crippen LogP contribution in [-0.4, -0.2) is 63.6 Å². The summed E-state index contributed by atoms with van der Waals surface area (Å²) in [5, 5.41) is 2.50. The molecule has 0 saturated carbocycles. The van der Waals surface area contributed by atoms with Gasteiger partial charge in [0.2, 0.25) is 10.0 Å². The number of nitrogens with one attached hydrogen (secondary N) is 1. The van der Waals surface area contributed by atoms with Gasteiger partial charge in [-0.15, -0.1) is 0 Å². The Morgan fingerprint density at radius 1 is 1.35 bits per heavy atom. The fourth-order valence-electron chi connectivity index (χ4n) is 2.35. The molecule has 1 aromatic rings. The zero-order valence-electron chi connectivity index (χ0n) is 14.5. The normalized spacial score (nSPS) is 16.7. The monoisotopic (exact) mass is 388 g/mol. The summed E-state index contributed by atoms with van der Waals surface area (Å²) in [6.45, 7) is 4.11. The summed E-state index contributed by atoms with van der Waals surface area (Å²) in [5.41, 5.74) is -0.158. The molecule has 1 amide bonds. The third-order valence-electron chi connectivity index (χ3n) is 3.76. The average molecular weight is 388 g/mol. The van der Waals surface area contributed by atoms with Crippen LogP contribution in [0.1, 0.15) is 24.2 Å². The second-order valence-corrected chi connectivity index (χ2v) is 7.51. The number of carbonyl (C=O) groups is 2. The van der Waals surface area contributed by atoms with Crippen molar-refractivity contribution in [3.63, 3.8) is 0 Å². The van der Waals surface area contributed by atoms with Gasteiger partial charge in [0.05, 0.1) is 18.8 Å². The molecule has 1 saturated heterocycles. The number of esters is 1. The van der Waals surface area contributed by atoms with Gasteiger partial charge >= 0.3 is 5.97 Å². The predicted molar refractivity (Wildman–Crippen MR) is 89.5 cm³/mol. The quantitative estimate of drug-likeness (QED) is 0.713. The molecule has 0 spiro atoms. The fourth-order valence-corrected chi connectivity index (χ4v) is 3.85. The molecule has 1 aliphatic rings. The third-order valence-corrected chi connectivity index (χ3v) is 5.67. The highest BCUT2D eigenvalue weighted by Gasteiger charge is 2.30. The predicted octanol–water partition coefficient (Wildman–Crippen LogP) is 0.528.